The van der Waals surface area contributed by atoms with Crippen LogP contribution in [-0.4, -0.2) is 11.6 Å². The van der Waals surface area contributed by atoms with Gasteiger partial charge < -0.3 is 0 Å². The largest absolute Gasteiger partial charge is 0.289 e. The second kappa shape index (κ2) is 7.40. The zero-order valence-electron chi connectivity index (χ0n) is 12.5. The number of ketones is 2. The summed E-state index contributed by atoms with van der Waals surface area (Å²) in [5.41, 5.74) is 2.18. The molecule has 0 unspecified atom stereocenters. The van der Waals surface area contributed by atoms with E-state index in [9.17, 15) is 9.59 Å². The molecule has 24 heavy (non-hydrogen) atoms. The second-order valence-corrected chi connectivity index (χ2v) is 7.33. The van der Waals surface area contributed by atoms with Crippen molar-refractivity contribution in [2.75, 3.05) is 0 Å². The predicted octanol–water partition coefficient (Wildman–Crippen LogP) is 5.52. The minimum absolute atomic E-state index is 0.0963. The quantitative estimate of drug-likeness (QED) is 0.356. The molecular weight excluding hydrogens is 479 g/mol. The molecule has 0 bridgehead atoms. The third kappa shape index (κ3) is 3.65. The van der Waals surface area contributed by atoms with Crippen LogP contribution >= 0.6 is 38.5 Å². The molecule has 0 fully saturated rings. The number of carbonyl (C=O) groups excluding carboxylic acids is 2. The summed E-state index contributed by atoms with van der Waals surface area (Å²) in [6.45, 7) is 0. The van der Waals surface area contributed by atoms with Crippen LogP contribution in [0.5, 0.6) is 0 Å². The molecule has 0 aliphatic rings. The number of halogens is 2. The van der Waals surface area contributed by atoms with Crippen molar-refractivity contribution in [3.8, 4) is 0 Å². The third-order valence-electron chi connectivity index (χ3n) is 3.62. The molecule has 0 spiro atoms. The van der Waals surface area contributed by atoms with Gasteiger partial charge in [-0.05, 0) is 65.1 Å². The zero-order chi connectivity index (χ0) is 17.1. The Hall–Kier alpha value is -1.79. The molecule has 2 nitrogen and oxygen atoms in total. The molecule has 0 aliphatic carbocycles. The van der Waals surface area contributed by atoms with Crippen LogP contribution in [0.15, 0.2) is 77.3 Å². The van der Waals surface area contributed by atoms with Crippen LogP contribution in [0.25, 0.3) is 0 Å². The Morgan fingerprint density at radius 1 is 0.708 bits per heavy atom. The molecule has 0 saturated heterocycles. The fourth-order valence-electron chi connectivity index (χ4n) is 2.35. The maximum Gasteiger partial charge on any atom is 0.194 e. The number of hydrogen-bond donors (Lipinski definition) is 0. The van der Waals surface area contributed by atoms with Crippen LogP contribution in [0, 0.1) is 3.57 Å². The molecule has 3 aromatic rings. The highest BCUT2D eigenvalue weighted by Gasteiger charge is 2.16. The number of rotatable bonds is 4. The van der Waals surface area contributed by atoms with Crippen molar-refractivity contribution in [3.63, 3.8) is 0 Å². The van der Waals surface area contributed by atoms with Crippen molar-refractivity contribution in [1.29, 1.82) is 0 Å². The van der Waals surface area contributed by atoms with Crippen molar-refractivity contribution in [1.82, 2.24) is 0 Å². The Labute approximate surface area is 162 Å². The van der Waals surface area contributed by atoms with Crippen molar-refractivity contribution in [3.05, 3.63) is 103 Å². The van der Waals surface area contributed by atoms with E-state index in [-0.39, 0.29) is 11.6 Å². The Morgan fingerprint density at radius 3 is 1.96 bits per heavy atom. The van der Waals surface area contributed by atoms with E-state index in [0.717, 1.165) is 3.57 Å². The minimum atomic E-state index is -0.111. The summed E-state index contributed by atoms with van der Waals surface area (Å²) >= 11 is 5.61. The van der Waals surface area contributed by atoms with Crippen molar-refractivity contribution >= 4 is 50.1 Å². The van der Waals surface area contributed by atoms with Crippen molar-refractivity contribution < 1.29 is 9.59 Å². The standard InChI is InChI=1S/C20H12BrIO2/c21-18-11-8-15(19(23)14-6-9-16(22)10-7-14)12-17(18)20(24)13-4-2-1-3-5-13/h1-12H. The summed E-state index contributed by atoms with van der Waals surface area (Å²) in [6, 6.07) is 21.5. The van der Waals surface area contributed by atoms with Crippen LogP contribution in [0.4, 0.5) is 0 Å². The molecule has 0 saturated carbocycles. The van der Waals surface area contributed by atoms with Gasteiger partial charge in [-0.1, -0.05) is 46.3 Å². The first-order valence-corrected chi connectivity index (χ1v) is 9.13. The zero-order valence-corrected chi connectivity index (χ0v) is 16.2. The topological polar surface area (TPSA) is 34.1 Å². The fraction of sp³-hybridized carbons (Fsp3) is 0. The highest BCUT2D eigenvalue weighted by atomic mass is 127. The van der Waals surface area contributed by atoms with Gasteiger partial charge in [-0.25, -0.2) is 0 Å². The van der Waals surface area contributed by atoms with Crippen LogP contribution in [0.2, 0.25) is 0 Å². The number of hydrogen-bond acceptors (Lipinski definition) is 2. The summed E-state index contributed by atoms with van der Waals surface area (Å²) < 4.78 is 1.75. The third-order valence-corrected chi connectivity index (χ3v) is 5.03. The van der Waals surface area contributed by atoms with E-state index >= 15 is 0 Å². The molecule has 0 amide bonds. The van der Waals surface area contributed by atoms with Gasteiger partial charge in [0, 0.05) is 30.3 Å². The van der Waals surface area contributed by atoms with Crippen LogP contribution in [0.3, 0.4) is 0 Å². The van der Waals surface area contributed by atoms with Gasteiger partial charge >= 0.3 is 0 Å². The average Bonchev–Trinajstić information content (AvgIpc) is 2.62. The van der Waals surface area contributed by atoms with Gasteiger partial charge in [-0.2, -0.15) is 0 Å². The van der Waals surface area contributed by atoms with Gasteiger partial charge in [0.2, 0.25) is 0 Å². The van der Waals surface area contributed by atoms with Crippen LogP contribution in [-0.2, 0) is 0 Å². The molecule has 4 heteroatoms. The van der Waals surface area contributed by atoms with Crippen molar-refractivity contribution in [2.45, 2.75) is 0 Å². The fourth-order valence-corrected chi connectivity index (χ4v) is 3.14. The number of benzene rings is 3. The molecule has 0 aliphatic heterocycles. The Balaban J connectivity index is 1.98. The minimum Gasteiger partial charge on any atom is -0.289 e. The van der Waals surface area contributed by atoms with Gasteiger partial charge in [0.05, 0.1) is 0 Å². The van der Waals surface area contributed by atoms with Crippen LogP contribution < -0.4 is 0 Å². The number of carbonyl (C=O) groups is 2. The second-order valence-electron chi connectivity index (χ2n) is 5.23. The van der Waals surface area contributed by atoms with Gasteiger partial charge in [0.15, 0.2) is 11.6 Å². The Bertz CT molecular complexity index is 903. The maximum absolute atomic E-state index is 12.7. The van der Waals surface area contributed by atoms with E-state index in [4.69, 9.17) is 0 Å². The molecule has 3 rings (SSSR count). The first-order valence-electron chi connectivity index (χ1n) is 7.26. The average molecular weight is 491 g/mol. The first-order chi connectivity index (χ1) is 11.6. The molecular formula is C20H12BrIO2. The lowest BCUT2D eigenvalue weighted by Crippen LogP contribution is -2.07. The lowest BCUT2D eigenvalue weighted by molar-refractivity contribution is 0.103. The molecule has 0 N–H and O–H groups in total. The molecule has 0 atom stereocenters. The monoisotopic (exact) mass is 490 g/mol. The molecule has 0 radical (unpaired) electrons. The summed E-state index contributed by atoms with van der Waals surface area (Å²) in [5, 5.41) is 0. The van der Waals surface area contributed by atoms with E-state index in [1.54, 1.807) is 42.5 Å². The van der Waals surface area contributed by atoms with E-state index in [1.807, 2.05) is 30.3 Å². The summed E-state index contributed by atoms with van der Waals surface area (Å²) in [6.07, 6.45) is 0. The summed E-state index contributed by atoms with van der Waals surface area (Å²) in [7, 11) is 0. The predicted molar refractivity (Wildman–Crippen MR) is 107 cm³/mol. The molecule has 3 aromatic carbocycles. The Kier molecular flexibility index (Phi) is 5.26. The van der Waals surface area contributed by atoms with Crippen LogP contribution in [0.1, 0.15) is 31.8 Å². The molecule has 0 heterocycles. The Morgan fingerprint density at radius 2 is 1.29 bits per heavy atom. The van der Waals surface area contributed by atoms with Gasteiger partial charge in [-0.3, -0.25) is 9.59 Å². The van der Waals surface area contributed by atoms with E-state index in [2.05, 4.69) is 38.5 Å². The summed E-state index contributed by atoms with van der Waals surface area (Å²) in [4.78, 5) is 25.3. The molecule has 0 aromatic heterocycles. The summed E-state index contributed by atoms with van der Waals surface area (Å²) in [5.74, 6) is -0.208. The highest BCUT2D eigenvalue weighted by molar-refractivity contribution is 14.1. The first kappa shape index (κ1) is 17.0. The maximum atomic E-state index is 12.7. The lowest BCUT2D eigenvalue weighted by atomic mass is 9.97. The van der Waals surface area contributed by atoms with Gasteiger partial charge in [0.25, 0.3) is 0 Å². The normalized spacial score (nSPS) is 10.4. The van der Waals surface area contributed by atoms with E-state index in [1.165, 1.54) is 0 Å². The van der Waals surface area contributed by atoms with Crippen molar-refractivity contribution in [2.24, 2.45) is 0 Å². The highest BCUT2D eigenvalue weighted by Crippen LogP contribution is 2.23. The smallest absolute Gasteiger partial charge is 0.194 e. The van der Waals surface area contributed by atoms with Gasteiger partial charge in [0.1, 0.15) is 0 Å². The van der Waals surface area contributed by atoms with Gasteiger partial charge in [-0.15, -0.1) is 0 Å². The molecule has 118 valence electrons. The van der Waals surface area contributed by atoms with E-state index in [0.29, 0.717) is 26.7 Å². The SMILES string of the molecule is O=C(c1ccc(I)cc1)c1ccc(Br)c(C(=O)c2ccccc2)c1. The van der Waals surface area contributed by atoms with E-state index < -0.39 is 0 Å². The lowest BCUT2D eigenvalue weighted by Gasteiger charge is -2.07.